The maximum Gasteiger partial charge on any atom is 0.166 e. The molecule has 3 rings (SSSR count). The molecule has 0 amide bonds. The zero-order valence-electron chi connectivity index (χ0n) is 15.5. The first kappa shape index (κ1) is 18.8. The van der Waals surface area contributed by atoms with Gasteiger partial charge in [0.15, 0.2) is 17.4 Å². The van der Waals surface area contributed by atoms with Crippen LogP contribution >= 0.6 is 0 Å². The predicted octanol–water partition coefficient (Wildman–Crippen LogP) is 6.91. The Kier molecular flexibility index (Phi) is 5.85. The van der Waals surface area contributed by atoms with Gasteiger partial charge in [0.05, 0.1) is 0 Å². The molecular weight excluding hydrogens is 330 g/mol. The highest BCUT2D eigenvalue weighted by atomic mass is 19.2. The van der Waals surface area contributed by atoms with E-state index < -0.39 is 11.6 Å². The summed E-state index contributed by atoms with van der Waals surface area (Å²) in [6, 6.07) is 10.1. The second-order valence-corrected chi connectivity index (χ2v) is 7.47. The van der Waals surface area contributed by atoms with Crippen molar-refractivity contribution < 1.29 is 13.6 Å². The van der Waals surface area contributed by atoms with Crippen LogP contribution in [0.4, 0.5) is 8.78 Å². The Balaban J connectivity index is 1.82. The summed E-state index contributed by atoms with van der Waals surface area (Å²) >= 11 is 0. The minimum absolute atomic E-state index is 0.0442. The largest absolute Gasteiger partial charge is 0.295 e. The van der Waals surface area contributed by atoms with Gasteiger partial charge in [-0.15, -0.1) is 0 Å². The fourth-order valence-corrected chi connectivity index (χ4v) is 4.16. The Morgan fingerprint density at radius 2 is 1.62 bits per heavy atom. The zero-order chi connectivity index (χ0) is 18.7. The Hall–Kier alpha value is -2.03. The summed E-state index contributed by atoms with van der Waals surface area (Å²) in [5, 5.41) is 0. The first-order chi connectivity index (χ1) is 12.5. The maximum absolute atomic E-state index is 14.8. The molecule has 0 spiro atoms. The van der Waals surface area contributed by atoms with Gasteiger partial charge in [0.25, 0.3) is 0 Å². The fraction of sp³-hybridized carbons (Fsp3) is 0.435. The van der Waals surface area contributed by atoms with Crippen molar-refractivity contribution >= 4 is 5.78 Å². The highest BCUT2D eigenvalue weighted by Gasteiger charge is 2.26. The standard InChI is InChI=1S/C23H26F2O/c1-3-4-16-5-7-18(8-6-16)20-13-14-21(23(25)22(20)24)19-11-9-17(10-12-19)15(2)26/h9-14,16,18H,3-8H2,1-2H3. The predicted molar refractivity (Wildman–Crippen MR) is 101 cm³/mol. The highest BCUT2D eigenvalue weighted by molar-refractivity contribution is 5.94. The molecule has 1 aliphatic rings. The van der Waals surface area contributed by atoms with Crippen molar-refractivity contribution in [3.63, 3.8) is 0 Å². The normalized spacial score (nSPS) is 20.2. The van der Waals surface area contributed by atoms with Crippen LogP contribution in [0.3, 0.4) is 0 Å². The molecule has 1 nitrogen and oxygen atoms in total. The summed E-state index contributed by atoms with van der Waals surface area (Å²) in [5.41, 5.74) is 1.92. The molecule has 0 bridgehead atoms. The SMILES string of the molecule is CCCC1CCC(c2ccc(-c3ccc(C(C)=O)cc3)c(F)c2F)CC1. The molecule has 3 heteroatoms. The van der Waals surface area contributed by atoms with E-state index in [-0.39, 0.29) is 17.3 Å². The molecule has 0 N–H and O–H groups in total. The van der Waals surface area contributed by atoms with Crippen molar-refractivity contribution in [2.45, 2.75) is 58.3 Å². The summed E-state index contributed by atoms with van der Waals surface area (Å²) < 4.78 is 29.5. The monoisotopic (exact) mass is 356 g/mol. The molecule has 1 saturated carbocycles. The molecule has 2 aromatic carbocycles. The van der Waals surface area contributed by atoms with E-state index in [1.54, 1.807) is 36.4 Å². The number of ketones is 1. The second kappa shape index (κ2) is 8.11. The van der Waals surface area contributed by atoms with E-state index in [0.717, 1.165) is 31.6 Å². The van der Waals surface area contributed by atoms with Crippen LogP contribution in [-0.4, -0.2) is 5.78 Å². The topological polar surface area (TPSA) is 17.1 Å². The van der Waals surface area contributed by atoms with Gasteiger partial charge < -0.3 is 0 Å². The first-order valence-electron chi connectivity index (χ1n) is 9.60. The average Bonchev–Trinajstić information content (AvgIpc) is 2.65. The molecular formula is C23H26F2O. The molecule has 0 aliphatic heterocycles. The Morgan fingerprint density at radius 3 is 2.19 bits per heavy atom. The third-order valence-corrected chi connectivity index (χ3v) is 5.70. The lowest BCUT2D eigenvalue weighted by molar-refractivity contribution is 0.101. The van der Waals surface area contributed by atoms with Gasteiger partial charge in [-0.05, 0) is 55.6 Å². The van der Waals surface area contributed by atoms with Gasteiger partial charge in [-0.1, -0.05) is 56.2 Å². The number of rotatable bonds is 5. The molecule has 0 radical (unpaired) electrons. The van der Waals surface area contributed by atoms with Crippen molar-refractivity contribution in [3.05, 3.63) is 59.2 Å². The van der Waals surface area contributed by atoms with Crippen LogP contribution < -0.4 is 0 Å². The molecule has 0 saturated heterocycles. The molecule has 0 aromatic heterocycles. The summed E-state index contributed by atoms with van der Waals surface area (Å²) in [5.74, 6) is -0.682. The van der Waals surface area contributed by atoms with Crippen LogP contribution in [0.25, 0.3) is 11.1 Å². The minimum Gasteiger partial charge on any atom is -0.295 e. The van der Waals surface area contributed by atoms with Crippen LogP contribution in [0.2, 0.25) is 0 Å². The van der Waals surface area contributed by atoms with Crippen LogP contribution in [0.15, 0.2) is 36.4 Å². The molecule has 138 valence electrons. The summed E-state index contributed by atoms with van der Waals surface area (Å²) in [6.07, 6.45) is 6.51. The Labute approximate surface area is 154 Å². The number of halogens is 2. The quantitative estimate of drug-likeness (QED) is 0.532. The van der Waals surface area contributed by atoms with Gasteiger partial charge in [0.1, 0.15) is 0 Å². The van der Waals surface area contributed by atoms with Gasteiger partial charge in [-0.2, -0.15) is 0 Å². The molecule has 0 atom stereocenters. The lowest BCUT2D eigenvalue weighted by Crippen LogP contribution is -2.15. The zero-order valence-corrected chi connectivity index (χ0v) is 15.5. The number of hydrogen-bond donors (Lipinski definition) is 0. The number of carbonyl (C=O) groups is 1. The Bertz CT molecular complexity index is 772. The van der Waals surface area contributed by atoms with E-state index in [0.29, 0.717) is 16.7 Å². The molecule has 2 aromatic rings. The molecule has 0 heterocycles. The van der Waals surface area contributed by atoms with Crippen molar-refractivity contribution in [2.75, 3.05) is 0 Å². The third-order valence-electron chi connectivity index (χ3n) is 5.70. The van der Waals surface area contributed by atoms with Crippen LogP contribution in [0.1, 0.15) is 74.2 Å². The number of Topliss-reactive ketones (excluding diaryl/α,β-unsaturated/α-hetero) is 1. The van der Waals surface area contributed by atoms with Gasteiger partial charge in [-0.3, -0.25) is 4.79 Å². The van der Waals surface area contributed by atoms with Crippen LogP contribution in [-0.2, 0) is 0 Å². The number of benzene rings is 2. The van der Waals surface area contributed by atoms with E-state index >= 15 is 0 Å². The van der Waals surface area contributed by atoms with Gasteiger partial charge in [-0.25, -0.2) is 8.78 Å². The lowest BCUT2D eigenvalue weighted by atomic mass is 9.77. The van der Waals surface area contributed by atoms with Crippen molar-refractivity contribution in [2.24, 2.45) is 5.92 Å². The van der Waals surface area contributed by atoms with Crippen LogP contribution in [0, 0.1) is 17.6 Å². The smallest absolute Gasteiger partial charge is 0.166 e. The van der Waals surface area contributed by atoms with Crippen molar-refractivity contribution in [1.82, 2.24) is 0 Å². The fourth-order valence-electron chi connectivity index (χ4n) is 4.16. The van der Waals surface area contributed by atoms with Crippen molar-refractivity contribution in [3.8, 4) is 11.1 Å². The van der Waals surface area contributed by atoms with E-state index in [1.165, 1.54) is 19.8 Å². The second-order valence-electron chi connectivity index (χ2n) is 7.47. The summed E-state index contributed by atoms with van der Waals surface area (Å²) in [6.45, 7) is 3.68. The van der Waals surface area contributed by atoms with E-state index in [4.69, 9.17) is 0 Å². The third kappa shape index (κ3) is 3.87. The molecule has 26 heavy (non-hydrogen) atoms. The van der Waals surface area contributed by atoms with Crippen LogP contribution in [0.5, 0.6) is 0 Å². The summed E-state index contributed by atoms with van der Waals surface area (Å²) in [7, 11) is 0. The van der Waals surface area contributed by atoms with Gasteiger partial charge in [0, 0.05) is 11.1 Å². The molecule has 0 unspecified atom stereocenters. The van der Waals surface area contributed by atoms with E-state index in [2.05, 4.69) is 6.92 Å². The molecule has 1 aliphatic carbocycles. The van der Waals surface area contributed by atoms with Gasteiger partial charge in [0.2, 0.25) is 0 Å². The first-order valence-corrected chi connectivity index (χ1v) is 9.60. The minimum atomic E-state index is -0.784. The average molecular weight is 356 g/mol. The maximum atomic E-state index is 14.8. The Morgan fingerprint density at radius 1 is 0.962 bits per heavy atom. The van der Waals surface area contributed by atoms with E-state index in [1.807, 2.05) is 0 Å². The lowest BCUT2D eigenvalue weighted by Gasteiger charge is -2.29. The number of hydrogen-bond acceptors (Lipinski definition) is 1. The summed E-state index contributed by atoms with van der Waals surface area (Å²) in [4.78, 5) is 11.4. The van der Waals surface area contributed by atoms with E-state index in [9.17, 15) is 13.6 Å². The van der Waals surface area contributed by atoms with Gasteiger partial charge >= 0.3 is 0 Å². The number of carbonyl (C=O) groups excluding carboxylic acids is 1. The molecule has 1 fully saturated rings. The highest BCUT2D eigenvalue weighted by Crippen LogP contribution is 2.40. The van der Waals surface area contributed by atoms with Crippen molar-refractivity contribution in [1.29, 1.82) is 0 Å².